The van der Waals surface area contributed by atoms with Crippen molar-refractivity contribution in [3.63, 3.8) is 0 Å². The molecule has 1 aliphatic heterocycles. The lowest BCUT2D eigenvalue weighted by molar-refractivity contribution is 0.267. The van der Waals surface area contributed by atoms with Crippen molar-refractivity contribution < 1.29 is 5.11 Å². The second-order valence-corrected chi connectivity index (χ2v) is 5.24. The number of hydrogen-bond donors (Lipinski definition) is 2. The summed E-state index contributed by atoms with van der Waals surface area (Å²) in [6.07, 6.45) is 5.35. The molecule has 1 aliphatic rings. The molecule has 1 fully saturated rings. The number of hydrogen-bond acceptors (Lipinski definition) is 3. The third-order valence-electron chi connectivity index (χ3n) is 3.83. The fourth-order valence-electron chi connectivity index (χ4n) is 2.69. The number of rotatable bonds is 4. The first-order chi connectivity index (χ1) is 8.79. The zero-order valence-electron chi connectivity index (χ0n) is 11.0. The molecule has 0 aliphatic carbocycles. The normalized spacial score (nSPS) is 19.4. The Bertz CT molecular complexity index is 342. The number of benzene rings is 1. The number of phenolic OH excluding ortho intramolecular Hbond substituents is 1. The Morgan fingerprint density at radius 2 is 1.67 bits per heavy atom. The van der Waals surface area contributed by atoms with E-state index in [1.165, 1.54) is 44.3 Å². The van der Waals surface area contributed by atoms with E-state index < -0.39 is 0 Å². The van der Waals surface area contributed by atoms with Crippen LogP contribution in [0.3, 0.4) is 0 Å². The highest BCUT2D eigenvalue weighted by Gasteiger charge is 2.16. The Labute approximate surface area is 110 Å². The molecule has 1 saturated heterocycles. The van der Waals surface area contributed by atoms with E-state index in [2.05, 4.69) is 4.90 Å². The number of nitrogens with two attached hydrogens (primary N) is 1. The number of nitrogens with zero attached hydrogens (tertiary/aromatic N) is 1. The molecule has 100 valence electrons. The molecule has 2 rings (SSSR count). The van der Waals surface area contributed by atoms with E-state index in [0.717, 1.165) is 6.54 Å². The van der Waals surface area contributed by atoms with Gasteiger partial charge in [-0.05, 0) is 43.6 Å². The zero-order valence-corrected chi connectivity index (χ0v) is 11.0. The number of phenols is 1. The average Bonchev–Trinajstić information content (AvgIpc) is 2.66. The highest BCUT2D eigenvalue weighted by molar-refractivity contribution is 5.28. The summed E-state index contributed by atoms with van der Waals surface area (Å²) >= 11 is 0. The topological polar surface area (TPSA) is 49.5 Å². The molecule has 1 aromatic rings. The monoisotopic (exact) mass is 248 g/mol. The molecule has 18 heavy (non-hydrogen) atoms. The highest BCUT2D eigenvalue weighted by Crippen LogP contribution is 2.20. The first kappa shape index (κ1) is 13.4. The van der Waals surface area contributed by atoms with Crippen LogP contribution in [0.2, 0.25) is 0 Å². The molecule has 0 amide bonds. The van der Waals surface area contributed by atoms with Gasteiger partial charge in [-0.25, -0.2) is 0 Å². The minimum atomic E-state index is 0.323. The number of likely N-dealkylation sites (tertiary alicyclic amines) is 1. The molecule has 3 nitrogen and oxygen atoms in total. The van der Waals surface area contributed by atoms with Crippen molar-refractivity contribution >= 4 is 0 Å². The molecule has 1 unspecified atom stereocenters. The smallest absolute Gasteiger partial charge is 0.115 e. The molecule has 3 N–H and O–H groups in total. The van der Waals surface area contributed by atoms with Gasteiger partial charge < -0.3 is 15.7 Å². The van der Waals surface area contributed by atoms with Gasteiger partial charge in [0.2, 0.25) is 0 Å². The summed E-state index contributed by atoms with van der Waals surface area (Å²) in [5, 5.41) is 9.33. The average molecular weight is 248 g/mol. The van der Waals surface area contributed by atoms with Crippen LogP contribution in [0.1, 0.15) is 37.2 Å². The van der Waals surface area contributed by atoms with Gasteiger partial charge in [0.15, 0.2) is 0 Å². The molecule has 3 heteroatoms. The molecular formula is C15H24N2O. The SMILES string of the molecule is NCC(CN1CCCCCC1)c1ccc(O)cc1. The molecular weight excluding hydrogens is 224 g/mol. The summed E-state index contributed by atoms with van der Waals surface area (Å²) in [5.74, 6) is 0.702. The quantitative estimate of drug-likeness (QED) is 0.859. The molecule has 0 spiro atoms. The molecule has 0 aromatic heterocycles. The Morgan fingerprint density at radius 1 is 1.06 bits per heavy atom. The zero-order chi connectivity index (χ0) is 12.8. The lowest BCUT2D eigenvalue weighted by Gasteiger charge is -2.25. The summed E-state index contributed by atoms with van der Waals surface area (Å²) in [7, 11) is 0. The van der Waals surface area contributed by atoms with Gasteiger partial charge >= 0.3 is 0 Å². The summed E-state index contributed by atoms with van der Waals surface area (Å²) in [4.78, 5) is 2.54. The van der Waals surface area contributed by atoms with Crippen molar-refractivity contribution in [2.45, 2.75) is 31.6 Å². The molecule has 0 saturated carbocycles. The van der Waals surface area contributed by atoms with E-state index in [9.17, 15) is 5.11 Å². The Hall–Kier alpha value is -1.06. The summed E-state index contributed by atoms with van der Waals surface area (Å²) in [6, 6.07) is 7.48. The van der Waals surface area contributed by atoms with Crippen molar-refractivity contribution in [3.8, 4) is 5.75 Å². The molecule has 0 radical (unpaired) electrons. The van der Waals surface area contributed by atoms with Crippen LogP contribution in [0.15, 0.2) is 24.3 Å². The van der Waals surface area contributed by atoms with E-state index in [4.69, 9.17) is 5.73 Å². The first-order valence-corrected chi connectivity index (χ1v) is 7.01. The lowest BCUT2D eigenvalue weighted by atomic mass is 9.98. The maximum Gasteiger partial charge on any atom is 0.115 e. The second-order valence-electron chi connectivity index (χ2n) is 5.24. The third kappa shape index (κ3) is 3.72. The molecule has 1 heterocycles. The van der Waals surface area contributed by atoms with Crippen LogP contribution in [0.4, 0.5) is 0 Å². The van der Waals surface area contributed by atoms with Crippen molar-refractivity contribution in [3.05, 3.63) is 29.8 Å². The van der Waals surface area contributed by atoms with Crippen molar-refractivity contribution in [1.29, 1.82) is 0 Å². The van der Waals surface area contributed by atoms with Crippen molar-refractivity contribution in [1.82, 2.24) is 4.90 Å². The lowest BCUT2D eigenvalue weighted by Crippen LogP contribution is -2.32. The Morgan fingerprint density at radius 3 is 2.22 bits per heavy atom. The predicted octanol–water partition coefficient (Wildman–Crippen LogP) is 2.31. The Balaban J connectivity index is 1.97. The van der Waals surface area contributed by atoms with Gasteiger partial charge in [0.1, 0.15) is 5.75 Å². The minimum Gasteiger partial charge on any atom is -0.508 e. The van der Waals surface area contributed by atoms with Crippen LogP contribution in [0, 0.1) is 0 Å². The molecule has 1 aromatic carbocycles. The van der Waals surface area contributed by atoms with Gasteiger partial charge in [0, 0.05) is 19.0 Å². The van der Waals surface area contributed by atoms with E-state index in [1.54, 1.807) is 12.1 Å². The minimum absolute atomic E-state index is 0.323. The number of aromatic hydroxyl groups is 1. The Kier molecular flexibility index (Phi) is 5.02. The van der Waals surface area contributed by atoms with Gasteiger partial charge in [-0.2, -0.15) is 0 Å². The third-order valence-corrected chi connectivity index (χ3v) is 3.83. The fourth-order valence-corrected chi connectivity index (χ4v) is 2.69. The maximum atomic E-state index is 9.33. The largest absolute Gasteiger partial charge is 0.508 e. The van der Waals surface area contributed by atoms with E-state index in [0.29, 0.717) is 18.2 Å². The maximum absolute atomic E-state index is 9.33. The molecule has 0 bridgehead atoms. The first-order valence-electron chi connectivity index (χ1n) is 7.01. The van der Waals surface area contributed by atoms with Crippen LogP contribution in [0.5, 0.6) is 5.75 Å². The summed E-state index contributed by atoms with van der Waals surface area (Å²) < 4.78 is 0. The van der Waals surface area contributed by atoms with Crippen molar-refractivity contribution in [2.75, 3.05) is 26.2 Å². The van der Waals surface area contributed by atoms with Crippen LogP contribution in [0.25, 0.3) is 0 Å². The predicted molar refractivity (Wildman–Crippen MR) is 74.8 cm³/mol. The van der Waals surface area contributed by atoms with Gasteiger partial charge in [-0.1, -0.05) is 25.0 Å². The molecule has 1 atom stereocenters. The van der Waals surface area contributed by atoms with Crippen LogP contribution in [-0.4, -0.2) is 36.2 Å². The van der Waals surface area contributed by atoms with E-state index in [1.807, 2.05) is 12.1 Å². The van der Waals surface area contributed by atoms with E-state index in [-0.39, 0.29) is 0 Å². The summed E-state index contributed by atoms with van der Waals surface area (Å²) in [6.45, 7) is 4.12. The highest BCUT2D eigenvalue weighted by atomic mass is 16.3. The van der Waals surface area contributed by atoms with Crippen LogP contribution in [-0.2, 0) is 0 Å². The second kappa shape index (κ2) is 6.76. The van der Waals surface area contributed by atoms with Crippen LogP contribution < -0.4 is 5.73 Å². The summed E-state index contributed by atoms with van der Waals surface area (Å²) in [5.41, 5.74) is 7.15. The van der Waals surface area contributed by atoms with Gasteiger partial charge in [0.05, 0.1) is 0 Å². The van der Waals surface area contributed by atoms with Crippen molar-refractivity contribution in [2.24, 2.45) is 5.73 Å². The van der Waals surface area contributed by atoms with E-state index >= 15 is 0 Å². The van der Waals surface area contributed by atoms with Crippen LogP contribution >= 0.6 is 0 Å². The van der Waals surface area contributed by atoms with Gasteiger partial charge in [0.25, 0.3) is 0 Å². The van der Waals surface area contributed by atoms with Gasteiger partial charge in [-0.3, -0.25) is 0 Å². The fraction of sp³-hybridized carbons (Fsp3) is 0.600. The standard InChI is InChI=1S/C15H24N2O/c16-11-14(13-5-7-15(18)8-6-13)12-17-9-3-1-2-4-10-17/h5-8,14,18H,1-4,9-12,16H2. The van der Waals surface area contributed by atoms with Gasteiger partial charge in [-0.15, -0.1) is 0 Å².